The highest BCUT2D eigenvalue weighted by molar-refractivity contribution is 6.30. The Labute approximate surface area is 216 Å². The molecule has 0 unspecified atom stereocenters. The average molecular weight is 510 g/mol. The van der Waals surface area contributed by atoms with Gasteiger partial charge in [-0.2, -0.15) is 0 Å². The van der Waals surface area contributed by atoms with Crippen LogP contribution >= 0.6 is 11.6 Å². The van der Waals surface area contributed by atoms with Crippen molar-refractivity contribution in [1.29, 1.82) is 0 Å². The first kappa shape index (κ1) is 24.7. The Balaban J connectivity index is 1.72. The molecule has 0 bridgehead atoms. The van der Waals surface area contributed by atoms with Gasteiger partial charge in [0, 0.05) is 23.2 Å². The van der Waals surface area contributed by atoms with Gasteiger partial charge in [0.2, 0.25) is 0 Å². The highest BCUT2D eigenvalue weighted by atomic mass is 35.5. The van der Waals surface area contributed by atoms with Crippen molar-refractivity contribution in [2.45, 2.75) is 52.2 Å². The molecule has 1 amide bonds. The summed E-state index contributed by atoms with van der Waals surface area (Å²) in [4.78, 5) is 20.8. The quantitative estimate of drug-likeness (QED) is 0.464. The third kappa shape index (κ3) is 4.35. The number of aryl methyl sites for hydroxylation is 1. The number of carbonyl (C=O) groups is 1. The molecule has 0 N–H and O–H groups in total. The van der Waals surface area contributed by atoms with Gasteiger partial charge in [-0.3, -0.25) is 9.36 Å². The van der Waals surface area contributed by atoms with Gasteiger partial charge in [-0.25, -0.2) is 4.98 Å². The Morgan fingerprint density at radius 1 is 1.17 bits per heavy atom. The molecular weight excluding hydrogens is 478 g/mol. The summed E-state index contributed by atoms with van der Waals surface area (Å²) >= 11 is 6.37. The summed E-state index contributed by atoms with van der Waals surface area (Å²) in [6.45, 7) is 9.58. The minimum absolute atomic E-state index is 0.0177. The molecule has 1 saturated heterocycles. The van der Waals surface area contributed by atoms with E-state index in [2.05, 4.69) is 4.57 Å². The van der Waals surface area contributed by atoms with Gasteiger partial charge in [-0.1, -0.05) is 23.7 Å². The lowest BCUT2D eigenvalue weighted by Gasteiger charge is -2.41. The molecule has 2 aliphatic rings. The molecule has 2 aromatic carbocycles. The van der Waals surface area contributed by atoms with E-state index in [9.17, 15) is 4.79 Å². The third-order valence-electron chi connectivity index (χ3n) is 6.75. The Hall–Kier alpha value is -3.03. The molecule has 5 rings (SSSR count). The fraction of sp³-hybridized carbons (Fsp3) is 0.429. The topological polar surface area (TPSA) is 65.8 Å². The van der Waals surface area contributed by atoms with Gasteiger partial charge in [0.05, 0.1) is 43.3 Å². The van der Waals surface area contributed by atoms with Gasteiger partial charge >= 0.3 is 0 Å². The number of halogens is 1. The second kappa shape index (κ2) is 9.45. The van der Waals surface area contributed by atoms with Gasteiger partial charge < -0.3 is 19.1 Å². The molecule has 0 aliphatic carbocycles. The highest BCUT2D eigenvalue weighted by Crippen LogP contribution is 2.40. The first-order valence-electron chi connectivity index (χ1n) is 12.3. The number of nitrogens with zero attached hydrogens (tertiary/aromatic N) is 3. The van der Waals surface area contributed by atoms with Crippen LogP contribution in [0.4, 0.5) is 0 Å². The summed E-state index contributed by atoms with van der Waals surface area (Å²) in [6, 6.07) is 11.6. The number of benzene rings is 2. The number of carbonyl (C=O) groups excluding carboxylic acids is 1. The van der Waals surface area contributed by atoms with Gasteiger partial charge in [-0.05, 0) is 64.3 Å². The standard InChI is InChI=1S/C28H32ClN3O4/c1-17(2)36-24-15-22-18(14-23(24)34-5)9-10-21-25(27(33)31-11-12-35-16-28(31,3)4)30-26(32(21)22)19-7-6-8-20(29)13-19/h6-8,13-15,17H,9-12,16H2,1-5H3. The van der Waals surface area contributed by atoms with Crippen molar-refractivity contribution >= 4 is 17.5 Å². The molecule has 7 nitrogen and oxygen atoms in total. The summed E-state index contributed by atoms with van der Waals surface area (Å²) in [5, 5.41) is 0.613. The Kier molecular flexibility index (Phi) is 6.47. The molecule has 8 heteroatoms. The third-order valence-corrected chi connectivity index (χ3v) is 6.98. The van der Waals surface area contributed by atoms with Crippen LogP contribution in [-0.4, -0.2) is 58.9 Å². The van der Waals surface area contributed by atoms with Crippen molar-refractivity contribution < 1.29 is 19.0 Å². The summed E-state index contributed by atoms with van der Waals surface area (Å²) in [6.07, 6.45) is 1.43. The fourth-order valence-corrected chi connectivity index (χ4v) is 5.25. The van der Waals surface area contributed by atoms with Gasteiger partial charge in [0.15, 0.2) is 17.2 Å². The van der Waals surface area contributed by atoms with Crippen molar-refractivity contribution in [1.82, 2.24) is 14.5 Å². The Bertz CT molecular complexity index is 1310. The van der Waals surface area contributed by atoms with Gasteiger partial charge in [0.25, 0.3) is 5.91 Å². The summed E-state index contributed by atoms with van der Waals surface area (Å²) in [5.74, 6) is 1.97. The number of ether oxygens (including phenoxy) is 3. The van der Waals surface area contributed by atoms with E-state index < -0.39 is 5.54 Å². The molecule has 190 valence electrons. The zero-order valence-electron chi connectivity index (χ0n) is 21.4. The molecule has 0 atom stereocenters. The molecule has 0 saturated carbocycles. The molecule has 0 spiro atoms. The molecule has 1 aromatic heterocycles. The van der Waals surface area contributed by atoms with Crippen molar-refractivity contribution in [2.75, 3.05) is 26.9 Å². The maximum Gasteiger partial charge on any atom is 0.274 e. The first-order valence-corrected chi connectivity index (χ1v) is 12.7. The van der Waals surface area contributed by atoms with Crippen molar-refractivity contribution in [2.24, 2.45) is 0 Å². The molecule has 3 aromatic rings. The van der Waals surface area contributed by atoms with Crippen molar-refractivity contribution in [3.8, 4) is 28.6 Å². The van der Waals surface area contributed by atoms with Crippen LogP contribution < -0.4 is 9.47 Å². The van der Waals surface area contributed by atoms with E-state index >= 15 is 0 Å². The zero-order chi connectivity index (χ0) is 25.6. The van der Waals surface area contributed by atoms with Crippen LogP contribution in [-0.2, 0) is 17.6 Å². The van der Waals surface area contributed by atoms with Crippen LogP contribution in [0.15, 0.2) is 36.4 Å². The summed E-state index contributed by atoms with van der Waals surface area (Å²) < 4.78 is 19.5. The SMILES string of the molecule is COc1cc2c(cc1OC(C)C)-n1c(-c3cccc(Cl)c3)nc(C(=O)N3CCOCC3(C)C)c1CC2. The average Bonchev–Trinajstić information content (AvgIpc) is 3.23. The fourth-order valence-electron chi connectivity index (χ4n) is 5.06. The van der Waals surface area contributed by atoms with Crippen LogP contribution in [0.3, 0.4) is 0 Å². The Morgan fingerprint density at radius 3 is 2.67 bits per heavy atom. The molecule has 36 heavy (non-hydrogen) atoms. The minimum Gasteiger partial charge on any atom is -0.493 e. The van der Waals surface area contributed by atoms with Gasteiger partial charge in [-0.15, -0.1) is 0 Å². The van der Waals surface area contributed by atoms with E-state index in [1.807, 2.05) is 69.0 Å². The van der Waals surface area contributed by atoms with Crippen LogP contribution in [0.5, 0.6) is 11.5 Å². The number of fused-ring (bicyclic) bond motifs is 3. The molecule has 1 fully saturated rings. The van der Waals surface area contributed by atoms with Crippen molar-refractivity contribution in [3.05, 3.63) is 58.4 Å². The van der Waals surface area contributed by atoms with Crippen LogP contribution in [0, 0.1) is 0 Å². The van der Waals surface area contributed by atoms with Crippen LogP contribution in [0.2, 0.25) is 5.02 Å². The minimum atomic E-state index is -0.416. The largest absolute Gasteiger partial charge is 0.493 e. The number of morpholine rings is 1. The number of imidazole rings is 1. The first-order chi connectivity index (χ1) is 17.2. The van der Waals surface area contributed by atoms with E-state index in [-0.39, 0.29) is 12.0 Å². The number of amides is 1. The van der Waals surface area contributed by atoms with E-state index in [0.29, 0.717) is 54.2 Å². The normalized spacial score (nSPS) is 16.5. The maximum atomic E-state index is 13.9. The second-order valence-electron chi connectivity index (χ2n) is 10.2. The Morgan fingerprint density at radius 2 is 1.97 bits per heavy atom. The molecular formula is C28H32ClN3O4. The predicted octanol–water partition coefficient (Wildman–Crippen LogP) is 5.34. The van der Waals surface area contributed by atoms with E-state index in [1.54, 1.807) is 7.11 Å². The van der Waals surface area contributed by atoms with E-state index in [0.717, 1.165) is 28.9 Å². The van der Waals surface area contributed by atoms with E-state index in [1.165, 1.54) is 0 Å². The lowest BCUT2D eigenvalue weighted by atomic mass is 9.98. The van der Waals surface area contributed by atoms with E-state index in [4.69, 9.17) is 30.8 Å². The monoisotopic (exact) mass is 509 g/mol. The molecule has 0 radical (unpaired) electrons. The molecule has 2 aliphatic heterocycles. The van der Waals surface area contributed by atoms with Crippen LogP contribution in [0.25, 0.3) is 17.1 Å². The summed E-state index contributed by atoms with van der Waals surface area (Å²) in [5.41, 5.74) is 3.86. The number of rotatable bonds is 5. The number of hydrogen-bond acceptors (Lipinski definition) is 5. The number of aromatic nitrogens is 2. The lowest BCUT2D eigenvalue weighted by Crippen LogP contribution is -2.55. The smallest absolute Gasteiger partial charge is 0.274 e. The second-order valence-corrected chi connectivity index (χ2v) is 10.6. The van der Waals surface area contributed by atoms with Gasteiger partial charge in [0.1, 0.15) is 5.82 Å². The van der Waals surface area contributed by atoms with Crippen LogP contribution in [0.1, 0.15) is 49.4 Å². The summed E-state index contributed by atoms with van der Waals surface area (Å²) in [7, 11) is 1.65. The number of methoxy groups -OCH3 is 1. The lowest BCUT2D eigenvalue weighted by molar-refractivity contribution is -0.0373. The predicted molar refractivity (Wildman–Crippen MR) is 140 cm³/mol. The molecule has 3 heterocycles. The highest BCUT2D eigenvalue weighted by Gasteiger charge is 2.38. The zero-order valence-corrected chi connectivity index (χ0v) is 22.2. The van der Waals surface area contributed by atoms with Crippen molar-refractivity contribution in [3.63, 3.8) is 0 Å². The maximum absolute atomic E-state index is 13.9. The number of hydrogen-bond donors (Lipinski definition) is 0.